The molecular formula is C10H10ClN3O. The van der Waals surface area contributed by atoms with Crippen LogP contribution in [-0.2, 0) is 0 Å². The summed E-state index contributed by atoms with van der Waals surface area (Å²) in [4.78, 5) is 15.0. The third-order valence-corrected chi connectivity index (χ3v) is 2.62. The number of carbonyl (C=O) groups excluding carboxylic acids is 1. The van der Waals surface area contributed by atoms with Gasteiger partial charge in [0.15, 0.2) is 11.9 Å². The summed E-state index contributed by atoms with van der Waals surface area (Å²) in [5, 5.41) is 7.73. The molecule has 0 amide bonds. The van der Waals surface area contributed by atoms with Gasteiger partial charge in [-0.25, -0.2) is 4.98 Å². The fourth-order valence-corrected chi connectivity index (χ4v) is 1.94. The average Bonchev–Trinajstić information content (AvgIpc) is 2.62. The first-order valence-corrected chi connectivity index (χ1v) is 5.00. The zero-order valence-electron chi connectivity index (χ0n) is 8.41. The van der Waals surface area contributed by atoms with Gasteiger partial charge in [-0.3, -0.25) is 9.89 Å². The molecule has 2 aromatic rings. The number of rotatable bonds is 2. The molecule has 0 aliphatic carbocycles. The number of hydrogen-bond donors (Lipinski definition) is 1. The second-order valence-electron chi connectivity index (χ2n) is 3.63. The fourth-order valence-electron chi connectivity index (χ4n) is 1.71. The van der Waals surface area contributed by atoms with Crippen LogP contribution >= 0.6 is 11.6 Å². The Hall–Kier alpha value is -1.42. The lowest BCUT2D eigenvalue weighted by Crippen LogP contribution is -1.99. The summed E-state index contributed by atoms with van der Waals surface area (Å²) in [7, 11) is 0. The van der Waals surface area contributed by atoms with Crippen molar-refractivity contribution < 1.29 is 4.79 Å². The Labute approximate surface area is 91.7 Å². The third kappa shape index (κ3) is 1.51. The van der Waals surface area contributed by atoms with Crippen LogP contribution in [0.3, 0.4) is 0 Å². The lowest BCUT2D eigenvalue weighted by atomic mass is 9.97. The maximum atomic E-state index is 11.0. The van der Waals surface area contributed by atoms with Gasteiger partial charge in [0.1, 0.15) is 5.15 Å². The molecule has 5 heteroatoms. The molecule has 1 N–H and O–H groups in total. The van der Waals surface area contributed by atoms with E-state index in [0.717, 1.165) is 17.2 Å². The van der Waals surface area contributed by atoms with Crippen LogP contribution in [0.15, 0.2) is 6.20 Å². The highest BCUT2D eigenvalue weighted by Gasteiger charge is 2.16. The summed E-state index contributed by atoms with van der Waals surface area (Å²) in [5.74, 6) is 0.200. The van der Waals surface area contributed by atoms with Crippen molar-refractivity contribution in [1.29, 1.82) is 0 Å². The number of H-pyrrole nitrogens is 1. The largest absolute Gasteiger partial charge is 0.298 e. The van der Waals surface area contributed by atoms with Crippen molar-refractivity contribution in [2.75, 3.05) is 0 Å². The number of aromatic amines is 1. The Bertz CT molecular complexity index is 519. The van der Waals surface area contributed by atoms with Crippen LogP contribution in [0.25, 0.3) is 11.0 Å². The first kappa shape index (κ1) is 10.1. The Balaban J connectivity index is 2.89. The third-order valence-electron chi connectivity index (χ3n) is 2.33. The molecule has 0 unspecified atom stereocenters. The molecule has 0 bridgehead atoms. The summed E-state index contributed by atoms with van der Waals surface area (Å²) >= 11 is 5.92. The highest BCUT2D eigenvalue weighted by Crippen LogP contribution is 2.29. The van der Waals surface area contributed by atoms with Gasteiger partial charge in [-0.2, -0.15) is 5.10 Å². The van der Waals surface area contributed by atoms with Crippen molar-refractivity contribution in [1.82, 2.24) is 15.2 Å². The van der Waals surface area contributed by atoms with Gasteiger partial charge in [0, 0.05) is 5.39 Å². The molecule has 0 aliphatic rings. The minimum atomic E-state index is 0.200. The first-order valence-electron chi connectivity index (χ1n) is 4.62. The van der Waals surface area contributed by atoms with Gasteiger partial charge in [0.05, 0.1) is 11.8 Å². The number of nitrogens with one attached hydrogen (secondary N) is 1. The maximum absolute atomic E-state index is 11.0. The number of aldehydes is 1. The Morgan fingerprint density at radius 3 is 2.87 bits per heavy atom. The number of hydrogen-bond acceptors (Lipinski definition) is 3. The maximum Gasteiger partial charge on any atom is 0.157 e. The van der Waals surface area contributed by atoms with Crippen LogP contribution < -0.4 is 0 Å². The zero-order valence-corrected chi connectivity index (χ0v) is 9.17. The van der Waals surface area contributed by atoms with Crippen molar-refractivity contribution >= 4 is 28.9 Å². The Morgan fingerprint density at radius 2 is 2.27 bits per heavy atom. The van der Waals surface area contributed by atoms with E-state index in [4.69, 9.17) is 11.6 Å². The molecule has 4 nitrogen and oxygen atoms in total. The highest BCUT2D eigenvalue weighted by atomic mass is 35.5. The molecule has 0 saturated carbocycles. The lowest BCUT2D eigenvalue weighted by Gasteiger charge is -2.10. The highest BCUT2D eigenvalue weighted by molar-refractivity contribution is 6.32. The summed E-state index contributed by atoms with van der Waals surface area (Å²) in [5.41, 5.74) is 1.98. The monoisotopic (exact) mass is 223 g/mol. The van der Waals surface area contributed by atoms with Crippen LogP contribution in [0.4, 0.5) is 0 Å². The smallest absolute Gasteiger partial charge is 0.157 e. The number of fused-ring (bicyclic) bond motifs is 1. The molecule has 0 atom stereocenters. The molecule has 2 heterocycles. The molecule has 0 fully saturated rings. The van der Waals surface area contributed by atoms with Gasteiger partial charge in [-0.05, 0) is 11.5 Å². The van der Waals surface area contributed by atoms with E-state index >= 15 is 0 Å². The topological polar surface area (TPSA) is 58.6 Å². The molecule has 0 aliphatic heterocycles. The molecule has 0 aromatic carbocycles. The van der Waals surface area contributed by atoms with Gasteiger partial charge in [-0.15, -0.1) is 0 Å². The number of halogens is 1. The Kier molecular flexibility index (Phi) is 2.44. The van der Waals surface area contributed by atoms with E-state index in [0.29, 0.717) is 11.2 Å². The van der Waals surface area contributed by atoms with Crippen molar-refractivity contribution in [3.8, 4) is 0 Å². The van der Waals surface area contributed by atoms with Crippen LogP contribution in [0, 0.1) is 0 Å². The second-order valence-corrected chi connectivity index (χ2v) is 3.99. The first-order chi connectivity index (χ1) is 7.15. The quantitative estimate of drug-likeness (QED) is 0.629. The van der Waals surface area contributed by atoms with Gasteiger partial charge in [0.2, 0.25) is 0 Å². The normalized spacial score (nSPS) is 11.2. The van der Waals surface area contributed by atoms with Crippen molar-refractivity contribution in [3.05, 3.63) is 22.5 Å². The summed E-state index contributed by atoms with van der Waals surface area (Å²) < 4.78 is 0. The zero-order chi connectivity index (χ0) is 11.0. The predicted octanol–water partition coefficient (Wildman–Crippen LogP) is 2.55. The van der Waals surface area contributed by atoms with Crippen molar-refractivity contribution in [2.24, 2.45) is 0 Å². The van der Waals surface area contributed by atoms with E-state index in [9.17, 15) is 4.79 Å². The van der Waals surface area contributed by atoms with Gasteiger partial charge < -0.3 is 0 Å². The molecule has 0 saturated heterocycles. The summed E-state index contributed by atoms with van der Waals surface area (Å²) in [6.07, 6.45) is 2.41. The number of aromatic nitrogens is 3. The summed E-state index contributed by atoms with van der Waals surface area (Å²) in [6, 6.07) is 0. The van der Waals surface area contributed by atoms with E-state index in [1.807, 2.05) is 13.8 Å². The van der Waals surface area contributed by atoms with E-state index < -0.39 is 0 Å². The second kappa shape index (κ2) is 3.62. The minimum Gasteiger partial charge on any atom is -0.298 e. The molecule has 0 radical (unpaired) electrons. The summed E-state index contributed by atoms with van der Waals surface area (Å²) in [6.45, 7) is 4.01. The van der Waals surface area contributed by atoms with Crippen LogP contribution in [0.2, 0.25) is 5.15 Å². The molecule has 0 spiro atoms. The predicted molar refractivity (Wildman–Crippen MR) is 58.4 cm³/mol. The van der Waals surface area contributed by atoms with Crippen LogP contribution in [0.1, 0.15) is 35.7 Å². The SMILES string of the molecule is CC(C)c1c(C=O)c(Cl)nc2[nH]ncc12. The average molecular weight is 224 g/mol. The number of nitrogens with zero attached hydrogens (tertiary/aromatic N) is 2. The van der Waals surface area contributed by atoms with Crippen molar-refractivity contribution in [2.45, 2.75) is 19.8 Å². The molecule has 78 valence electrons. The van der Waals surface area contributed by atoms with Gasteiger partial charge >= 0.3 is 0 Å². The van der Waals surface area contributed by atoms with Gasteiger partial charge in [-0.1, -0.05) is 25.4 Å². The fraction of sp³-hybridized carbons (Fsp3) is 0.300. The molecule has 2 aromatic heterocycles. The van der Waals surface area contributed by atoms with Crippen LogP contribution in [0.5, 0.6) is 0 Å². The van der Waals surface area contributed by atoms with Crippen molar-refractivity contribution in [3.63, 3.8) is 0 Å². The van der Waals surface area contributed by atoms with E-state index in [1.54, 1.807) is 6.20 Å². The standard InChI is InChI=1S/C10H10ClN3O/c1-5(2)8-6-3-12-14-10(6)13-9(11)7(8)4-15/h3-5H,1-2H3,(H,12,13,14). The molecule has 15 heavy (non-hydrogen) atoms. The van der Waals surface area contributed by atoms with E-state index in [-0.39, 0.29) is 11.1 Å². The van der Waals surface area contributed by atoms with Crippen LogP contribution in [-0.4, -0.2) is 21.5 Å². The van der Waals surface area contributed by atoms with Gasteiger partial charge in [0.25, 0.3) is 0 Å². The lowest BCUT2D eigenvalue weighted by molar-refractivity contribution is 0.112. The molecule has 2 rings (SSSR count). The number of carbonyl (C=O) groups is 1. The van der Waals surface area contributed by atoms with E-state index in [2.05, 4.69) is 15.2 Å². The van der Waals surface area contributed by atoms with E-state index in [1.165, 1.54) is 0 Å². The Morgan fingerprint density at radius 1 is 1.53 bits per heavy atom. The number of pyridine rings is 1. The molecular weight excluding hydrogens is 214 g/mol. The minimum absolute atomic E-state index is 0.200.